The van der Waals surface area contributed by atoms with E-state index in [1.165, 1.54) is 7.11 Å². The first-order chi connectivity index (χ1) is 5.69. The lowest BCUT2D eigenvalue weighted by molar-refractivity contribution is 0.281. The molecule has 0 bridgehead atoms. The van der Waals surface area contributed by atoms with Crippen molar-refractivity contribution in [2.75, 3.05) is 7.11 Å². The molecular formula is C8H8BrClO2. The van der Waals surface area contributed by atoms with Crippen molar-refractivity contribution in [2.45, 2.75) is 6.61 Å². The van der Waals surface area contributed by atoms with Crippen LogP contribution in [0.15, 0.2) is 16.6 Å². The van der Waals surface area contributed by atoms with Crippen LogP contribution in [0.5, 0.6) is 5.75 Å². The van der Waals surface area contributed by atoms with Gasteiger partial charge in [0, 0.05) is 10.0 Å². The second-order valence-corrected chi connectivity index (χ2v) is 3.53. The third kappa shape index (κ3) is 1.91. The fraction of sp³-hybridized carbons (Fsp3) is 0.250. The molecule has 1 aromatic carbocycles. The number of aliphatic hydroxyl groups is 1. The number of methoxy groups -OCH3 is 1. The van der Waals surface area contributed by atoms with Crippen LogP contribution in [0.2, 0.25) is 5.02 Å². The van der Waals surface area contributed by atoms with Gasteiger partial charge in [0.1, 0.15) is 5.75 Å². The molecule has 2 nitrogen and oxygen atoms in total. The number of ether oxygens (including phenoxy) is 1. The molecule has 4 heteroatoms. The molecule has 0 saturated carbocycles. The van der Waals surface area contributed by atoms with Crippen molar-refractivity contribution in [3.63, 3.8) is 0 Å². The lowest BCUT2D eigenvalue weighted by Gasteiger charge is -2.07. The number of hydrogen-bond acceptors (Lipinski definition) is 2. The van der Waals surface area contributed by atoms with Crippen LogP contribution >= 0.6 is 27.5 Å². The van der Waals surface area contributed by atoms with Crippen LogP contribution in [-0.4, -0.2) is 12.2 Å². The van der Waals surface area contributed by atoms with Gasteiger partial charge >= 0.3 is 0 Å². The Morgan fingerprint density at radius 2 is 2.25 bits per heavy atom. The van der Waals surface area contributed by atoms with Crippen LogP contribution in [0.25, 0.3) is 0 Å². The van der Waals surface area contributed by atoms with Crippen molar-refractivity contribution >= 4 is 27.5 Å². The van der Waals surface area contributed by atoms with Gasteiger partial charge in [0.2, 0.25) is 0 Å². The van der Waals surface area contributed by atoms with E-state index in [0.717, 1.165) is 4.47 Å². The molecule has 0 amide bonds. The summed E-state index contributed by atoms with van der Waals surface area (Å²) >= 11 is 9.15. The molecule has 12 heavy (non-hydrogen) atoms. The van der Waals surface area contributed by atoms with Crippen molar-refractivity contribution in [1.82, 2.24) is 0 Å². The van der Waals surface area contributed by atoms with E-state index in [1.807, 2.05) is 0 Å². The van der Waals surface area contributed by atoms with Crippen molar-refractivity contribution in [3.05, 3.63) is 27.2 Å². The summed E-state index contributed by atoms with van der Waals surface area (Å²) in [6.07, 6.45) is 0. The van der Waals surface area contributed by atoms with E-state index in [-0.39, 0.29) is 6.61 Å². The highest BCUT2D eigenvalue weighted by Gasteiger charge is 2.07. The Kier molecular flexibility index (Phi) is 3.38. The smallest absolute Gasteiger partial charge is 0.138 e. The number of rotatable bonds is 2. The molecule has 1 N–H and O–H groups in total. The van der Waals surface area contributed by atoms with Gasteiger partial charge in [-0.3, -0.25) is 0 Å². The van der Waals surface area contributed by atoms with Crippen molar-refractivity contribution in [1.29, 1.82) is 0 Å². The molecule has 0 aliphatic carbocycles. The Morgan fingerprint density at radius 1 is 1.58 bits per heavy atom. The normalized spacial score (nSPS) is 10.0. The monoisotopic (exact) mass is 250 g/mol. The summed E-state index contributed by atoms with van der Waals surface area (Å²) in [5.74, 6) is 0.565. The van der Waals surface area contributed by atoms with Gasteiger partial charge in [-0.2, -0.15) is 0 Å². The third-order valence-corrected chi connectivity index (χ3v) is 2.36. The van der Waals surface area contributed by atoms with E-state index >= 15 is 0 Å². The Balaban J connectivity index is 3.22. The molecule has 0 unspecified atom stereocenters. The summed E-state index contributed by atoms with van der Waals surface area (Å²) in [5.41, 5.74) is 0.655. The number of hydrogen-bond donors (Lipinski definition) is 1. The maximum atomic E-state index is 8.90. The SMILES string of the molecule is COc1cc(Br)cc(CO)c1Cl. The Hall–Kier alpha value is -0.250. The lowest BCUT2D eigenvalue weighted by atomic mass is 10.2. The predicted octanol–water partition coefficient (Wildman–Crippen LogP) is 2.60. The third-order valence-electron chi connectivity index (χ3n) is 1.47. The predicted molar refractivity (Wildman–Crippen MR) is 51.6 cm³/mol. The minimum Gasteiger partial charge on any atom is -0.495 e. The largest absolute Gasteiger partial charge is 0.495 e. The molecule has 0 radical (unpaired) electrons. The highest BCUT2D eigenvalue weighted by Crippen LogP contribution is 2.31. The first kappa shape index (κ1) is 9.84. The van der Waals surface area contributed by atoms with Crippen molar-refractivity contribution in [3.8, 4) is 5.75 Å². The minimum atomic E-state index is -0.0887. The van der Waals surface area contributed by atoms with Gasteiger partial charge in [0.25, 0.3) is 0 Å². The highest BCUT2D eigenvalue weighted by atomic mass is 79.9. The molecule has 0 atom stereocenters. The van der Waals surface area contributed by atoms with E-state index in [0.29, 0.717) is 16.3 Å². The molecule has 0 aliphatic heterocycles. The summed E-state index contributed by atoms with van der Waals surface area (Å²) in [5, 5.41) is 9.36. The number of halogens is 2. The van der Waals surface area contributed by atoms with Gasteiger partial charge in [0.15, 0.2) is 0 Å². The number of benzene rings is 1. The zero-order chi connectivity index (χ0) is 9.14. The second kappa shape index (κ2) is 4.12. The van der Waals surface area contributed by atoms with Gasteiger partial charge in [-0.05, 0) is 12.1 Å². The summed E-state index contributed by atoms with van der Waals surface area (Å²) in [6.45, 7) is -0.0887. The highest BCUT2D eigenvalue weighted by molar-refractivity contribution is 9.10. The van der Waals surface area contributed by atoms with E-state index in [1.54, 1.807) is 12.1 Å². The molecule has 0 saturated heterocycles. The topological polar surface area (TPSA) is 29.5 Å². The van der Waals surface area contributed by atoms with Crippen LogP contribution < -0.4 is 4.74 Å². The van der Waals surface area contributed by atoms with E-state index in [2.05, 4.69) is 15.9 Å². The molecule has 1 aromatic rings. The first-order valence-corrected chi connectivity index (χ1v) is 4.49. The average Bonchev–Trinajstić information content (AvgIpc) is 2.08. The number of aliphatic hydroxyl groups excluding tert-OH is 1. The molecule has 0 heterocycles. The molecule has 1 rings (SSSR count). The lowest BCUT2D eigenvalue weighted by Crippen LogP contribution is -1.90. The molecule has 0 aliphatic rings. The van der Waals surface area contributed by atoms with E-state index in [9.17, 15) is 0 Å². The van der Waals surface area contributed by atoms with Crippen LogP contribution in [-0.2, 0) is 6.61 Å². The van der Waals surface area contributed by atoms with Gasteiger partial charge in [-0.25, -0.2) is 0 Å². The minimum absolute atomic E-state index is 0.0887. The summed E-state index contributed by atoms with van der Waals surface area (Å²) in [7, 11) is 1.54. The quantitative estimate of drug-likeness (QED) is 0.875. The van der Waals surface area contributed by atoms with Gasteiger partial charge in [-0.15, -0.1) is 0 Å². The van der Waals surface area contributed by atoms with E-state index < -0.39 is 0 Å². The maximum Gasteiger partial charge on any atom is 0.138 e. The molecule has 0 spiro atoms. The Bertz CT molecular complexity index is 263. The maximum absolute atomic E-state index is 8.90. The zero-order valence-corrected chi connectivity index (χ0v) is 8.82. The Morgan fingerprint density at radius 3 is 2.75 bits per heavy atom. The van der Waals surface area contributed by atoms with E-state index in [4.69, 9.17) is 21.4 Å². The van der Waals surface area contributed by atoms with Crippen molar-refractivity contribution in [2.24, 2.45) is 0 Å². The molecule has 0 aromatic heterocycles. The fourth-order valence-electron chi connectivity index (χ4n) is 0.882. The van der Waals surface area contributed by atoms with Crippen LogP contribution in [0.3, 0.4) is 0 Å². The average molecular weight is 252 g/mol. The van der Waals surface area contributed by atoms with Gasteiger partial charge in [-0.1, -0.05) is 27.5 Å². The van der Waals surface area contributed by atoms with Gasteiger partial charge in [0.05, 0.1) is 18.7 Å². The van der Waals surface area contributed by atoms with Gasteiger partial charge < -0.3 is 9.84 Å². The summed E-state index contributed by atoms with van der Waals surface area (Å²) < 4.78 is 5.84. The summed E-state index contributed by atoms with van der Waals surface area (Å²) in [4.78, 5) is 0. The van der Waals surface area contributed by atoms with Crippen molar-refractivity contribution < 1.29 is 9.84 Å². The standard InChI is InChI=1S/C8H8BrClO2/c1-12-7-3-6(9)2-5(4-11)8(7)10/h2-3,11H,4H2,1H3. The van der Waals surface area contributed by atoms with Crippen LogP contribution in [0.4, 0.5) is 0 Å². The second-order valence-electron chi connectivity index (χ2n) is 2.24. The molecule has 0 fully saturated rings. The fourth-order valence-corrected chi connectivity index (χ4v) is 1.61. The first-order valence-electron chi connectivity index (χ1n) is 3.31. The zero-order valence-electron chi connectivity index (χ0n) is 6.47. The Labute approximate surface area is 84.2 Å². The van der Waals surface area contributed by atoms with Crippen LogP contribution in [0.1, 0.15) is 5.56 Å². The van der Waals surface area contributed by atoms with Crippen LogP contribution in [0, 0.1) is 0 Å². The molecular weight excluding hydrogens is 243 g/mol. The summed E-state index contributed by atoms with van der Waals surface area (Å²) in [6, 6.07) is 3.51. The molecule has 66 valence electrons.